The molecule has 1 rings (SSSR count). The van der Waals surface area contributed by atoms with E-state index in [9.17, 15) is 0 Å². The molecular formula is C15H25NO. The van der Waals surface area contributed by atoms with E-state index >= 15 is 0 Å². The molecule has 2 atom stereocenters. The third-order valence-corrected chi connectivity index (χ3v) is 3.26. The van der Waals surface area contributed by atoms with Crippen molar-refractivity contribution in [3.8, 4) is 5.75 Å². The van der Waals surface area contributed by atoms with Gasteiger partial charge in [-0.3, -0.25) is 0 Å². The maximum absolute atomic E-state index is 5.59. The molecule has 1 aromatic carbocycles. The van der Waals surface area contributed by atoms with Gasteiger partial charge in [0.05, 0.1) is 6.61 Å². The van der Waals surface area contributed by atoms with Crippen molar-refractivity contribution in [2.75, 3.05) is 20.2 Å². The Morgan fingerprint density at radius 2 is 1.82 bits per heavy atom. The van der Waals surface area contributed by atoms with Crippen molar-refractivity contribution < 1.29 is 4.74 Å². The van der Waals surface area contributed by atoms with Crippen LogP contribution in [-0.4, -0.2) is 20.2 Å². The summed E-state index contributed by atoms with van der Waals surface area (Å²) in [6.45, 7) is 8.53. The quantitative estimate of drug-likeness (QED) is 0.781. The molecule has 0 saturated carbocycles. The van der Waals surface area contributed by atoms with Crippen molar-refractivity contribution in [3.05, 3.63) is 29.8 Å². The van der Waals surface area contributed by atoms with Crippen LogP contribution in [-0.2, 0) is 0 Å². The van der Waals surface area contributed by atoms with Crippen molar-refractivity contribution >= 4 is 0 Å². The van der Waals surface area contributed by atoms with Crippen molar-refractivity contribution in [1.29, 1.82) is 0 Å². The van der Waals surface area contributed by atoms with Gasteiger partial charge in [0.15, 0.2) is 0 Å². The molecule has 0 fully saturated rings. The first-order valence-electron chi connectivity index (χ1n) is 6.56. The van der Waals surface area contributed by atoms with E-state index in [0.717, 1.165) is 25.3 Å². The van der Waals surface area contributed by atoms with Gasteiger partial charge in [0.1, 0.15) is 5.75 Å². The highest BCUT2D eigenvalue weighted by molar-refractivity contribution is 5.29. The summed E-state index contributed by atoms with van der Waals surface area (Å²) in [6, 6.07) is 8.52. The summed E-state index contributed by atoms with van der Waals surface area (Å²) in [5.74, 6) is 2.19. The van der Waals surface area contributed by atoms with Crippen LogP contribution in [0.4, 0.5) is 0 Å². The van der Waals surface area contributed by atoms with Crippen LogP contribution in [0.5, 0.6) is 5.75 Å². The van der Waals surface area contributed by atoms with E-state index < -0.39 is 0 Å². The largest absolute Gasteiger partial charge is 0.494 e. The van der Waals surface area contributed by atoms with Gasteiger partial charge in [-0.15, -0.1) is 0 Å². The normalized spacial score (nSPS) is 14.4. The Morgan fingerprint density at radius 1 is 1.18 bits per heavy atom. The molecule has 17 heavy (non-hydrogen) atoms. The molecule has 0 spiro atoms. The minimum Gasteiger partial charge on any atom is -0.494 e. The van der Waals surface area contributed by atoms with E-state index in [0.29, 0.717) is 11.8 Å². The Balaban J connectivity index is 2.60. The Labute approximate surface area is 105 Å². The monoisotopic (exact) mass is 235 g/mol. The highest BCUT2D eigenvalue weighted by atomic mass is 16.5. The highest BCUT2D eigenvalue weighted by Gasteiger charge is 2.13. The second kappa shape index (κ2) is 7.33. The van der Waals surface area contributed by atoms with Crippen molar-refractivity contribution in [2.45, 2.75) is 33.1 Å². The summed E-state index contributed by atoms with van der Waals surface area (Å²) in [4.78, 5) is 0. The Hall–Kier alpha value is -1.02. The summed E-state index contributed by atoms with van der Waals surface area (Å²) in [7, 11) is 2.00. The maximum atomic E-state index is 5.59. The zero-order chi connectivity index (χ0) is 12.7. The fourth-order valence-electron chi connectivity index (χ4n) is 1.91. The molecule has 0 aliphatic carbocycles. The van der Waals surface area contributed by atoms with Gasteiger partial charge >= 0.3 is 0 Å². The van der Waals surface area contributed by atoms with Gasteiger partial charge < -0.3 is 10.1 Å². The number of hydrogen-bond acceptors (Lipinski definition) is 2. The molecule has 0 amide bonds. The third-order valence-electron chi connectivity index (χ3n) is 3.26. The van der Waals surface area contributed by atoms with Crippen molar-refractivity contribution in [3.63, 3.8) is 0 Å². The van der Waals surface area contributed by atoms with Crippen LogP contribution in [0, 0.1) is 5.92 Å². The number of benzene rings is 1. The van der Waals surface area contributed by atoms with E-state index in [1.165, 1.54) is 5.56 Å². The second-order valence-electron chi connectivity index (χ2n) is 4.74. The minimum atomic E-state index is 0.572. The molecule has 2 heteroatoms. The molecule has 0 aliphatic rings. The lowest BCUT2D eigenvalue weighted by Gasteiger charge is -2.20. The van der Waals surface area contributed by atoms with Crippen molar-refractivity contribution in [1.82, 2.24) is 5.32 Å². The van der Waals surface area contributed by atoms with E-state index in [2.05, 4.69) is 50.4 Å². The molecule has 0 heterocycles. The molecule has 0 saturated heterocycles. The minimum absolute atomic E-state index is 0.572. The van der Waals surface area contributed by atoms with Crippen LogP contribution >= 0.6 is 0 Å². The molecule has 0 aromatic heterocycles. The fourth-order valence-corrected chi connectivity index (χ4v) is 1.91. The lowest BCUT2D eigenvalue weighted by molar-refractivity contribution is 0.317. The zero-order valence-corrected chi connectivity index (χ0v) is 11.5. The third kappa shape index (κ3) is 4.39. The Morgan fingerprint density at radius 3 is 2.35 bits per heavy atom. The summed E-state index contributed by atoms with van der Waals surface area (Å²) < 4.78 is 5.59. The SMILES string of the molecule is CCCOc1ccc(C(C)C(C)CNC)cc1. The summed E-state index contributed by atoms with van der Waals surface area (Å²) in [5.41, 5.74) is 1.39. The Bertz CT molecular complexity index is 307. The number of rotatable bonds is 7. The number of ether oxygens (including phenoxy) is 1. The first-order chi connectivity index (χ1) is 8.19. The van der Waals surface area contributed by atoms with Gasteiger partial charge in [0, 0.05) is 0 Å². The lowest BCUT2D eigenvalue weighted by Crippen LogP contribution is -2.20. The summed E-state index contributed by atoms with van der Waals surface area (Å²) in [6.07, 6.45) is 1.05. The molecule has 2 unspecified atom stereocenters. The van der Waals surface area contributed by atoms with Crippen LogP contribution < -0.4 is 10.1 Å². The highest BCUT2D eigenvalue weighted by Crippen LogP contribution is 2.25. The first kappa shape index (κ1) is 14.0. The maximum Gasteiger partial charge on any atom is 0.119 e. The van der Waals surface area contributed by atoms with Crippen LogP contribution in [0.15, 0.2) is 24.3 Å². The van der Waals surface area contributed by atoms with Gasteiger partial charge in [-0.25, -0.2) is 0 Å². The van der Waals surface area contributed by atoms with Gasteiger partial charge in [0.2, 0.25) is 0 Å². The van der Waals surface area contributed by atoms with E-state index in [1.54, 1.807) is 0 Å². The average molecular weight is 235 g/mol. The molecule has 1 N–H and O–H groups in total. The Kier molecular flexibility index (Phi) is 6.06. The van der Waals surface area contributed by atoms with E-state index in [1.807, 2.05) is 7.05 Å². The van der Waals surface area contributed by atoms with E-state index in [-0.39, 0.29) is 0 Å². The zero-order valence-electron chi connectivity index (χ0n) is 11.5. The predicted octanol–water partition coefficient (Wildman–Crippen LogP) is 3.43. The lowest BCUT2D eigenvalue weighted by atomic mass is 9.89. The molecule has 2 nitrogen and oxygen atoms in total. The number of nitrogens with one attached hydrogen (secondary N) is 1. The average Bonchev–Trinajstić information content (AvgIpc) is 2.36. The fraction of sp³-hybridized carbons (Fsp3) is 0.600. The van der Waals surface area contributed by atoms with Crippen LogP contribution in [0.3, 0.4) is 0 Å². The smallest absolute Gasteiger partial charge is 0.119 e. The van der Waals surface area contributed by atoms with Crippen LogP contribution in [0.25, 0.3) is 0 Å². The van der Waals surface area contributed by atoms with Gasteiger partial charge in [-0.1, -0.05) is 32.9 Å². The topological polar surface area (TPSA) is 21.3 Å². The summed E-state index contributed by atoms with van der Waals surface area (Å²) >= 11 is 0. The van der Waals surface area contributed by atoms with Crippen LogP contribution in [0.2, 0.25) is 0 Å². The molecule has 0 bridgehead atoms. The number of hydrogen-bond donors (Lipinski definition) is 1. The first-order valence-corrected chi connectivity index (χ1v) is 6.56. The van der Waals surface area contributed by atoms with E-state index in [4.69, 9.17) is 4.74 Å². The molecule has 96 valence electrons. The predicted molar refractivity (Wildman–Crippen MR) is 73.7 cm³/mol. The van der Waals surface area contributed by atoms with Gasteiger partial charge in [-0.2, -0.15) is 0 Å². The standard InChI is InChI=1S/C15H25NO/c1-5-10-17-15-8-6-14(7-9-15)13(3)12(2)11-16-4/h6-9,12-13,16H,5,10-11H2,1-4H3. The van der Waals surface area contributed by atoms with Crippen molar-refractivity contribution in [2.24, 2.45) is 5.92 Å². The summed E-state index contributed by atoms with van der Waals surface area (Å²) in [5, 5.41) is 3.23. The molecule has 0 aliphatic heterocycles. The van der Waals surface area contributed by atoms with Gasteiger partial charge in [-0.05, 0) is 49.5 Å². The molecular weight excluding hydrogens is 210 g/mol. The van der Waals surface area contributed by atoms with Crippen LogP contribution in [0.1, 0.15) is 38.7 Å². The van der Waals surface area contributed by atoms with Gasteiger partial charge in [0.25, 0.3) is 0 Å². The second-order valence-corrected chi connectivity index (χ2v) is 4.74. The molecule has 1 aromatic rings. The molecule has 0 radical (unpaired) electrons.